The summed E-state index contributed by atoms with van der Waals surface area (Å²) in [7, 11) is 1.18. The van der Waals surface area contributed by atoms with E-state index in [9.17, 15) is 0 Å². The van der Waals surface area contributed by atoms with E-state index >= 15 is 0 Å². The van der Waals surface area contributed by atoms with Crippen molar-refractivity contribution >= 4 is 8.58 Å². The van der Waals surface area contributed by atoms with Crippen LogP contribution in [-0.2, 0) is 0 Å². The van der Waals surface area contributed by atoms with Gasteiger partial charge in [0.2, 0.25) is 0 Å². The summed E-state index contributed by atoms with van der Waals surface area (Å²) >= 11 is 0. The van der Waals surface area contributed by atoms with Gasteiger partial charge in [0.1, 0.15) is 0 Å². The number of fused-ring (bicyclic) bond motifs is 1. The first kappa shape index (κ1) is 9.00. The highest BCUT2D eigenvalue weighted by Crippen LogP contribution is 2.66. The molecule has 0 amide bonds. The summed E-state index contributed by atoms with van der Waals surface area (Å²) in [4.78, 5) is 0. The summed E-state index contributed by atoms with van der Waals surface area (Å²) in [5.74, 6) is 2.09. The second-order valence-corrected chi connectivity index (χ2v) is 8.54. The monoisotopic (exact) mass is 184 g/mol. The zero-order valence-electron chi connectivity index (χ0n) is 8.78. The van der Waals surface area contributed by atoms with Crippen LogP contribution in [0.25, 0.3) is 0 Å². The zero-order chi connectivity index (χ0) is 8.98. The third-order valence-corrected chi connectivity index (χ3v) is 6.04. The number of hydrogen-bond donors (Lipinski definition) is 0. The van der Waals surface area contributed by atoms with Crippen LogP contribution >= 0.6 is 8.58 Å². The third-order valence-electron chi connectivity index (χ3n) is 4.01. The molecule has 0 aromatic heterocycles. The van der Waals surface area contributed by atoms with E-state index in [2.05, 4.69) is 27.7 Å². The Kier molecular flexibility index (Phi) is 1.85. The topological polar surface area (TPSA) is 0 Å². The molecule has 0 aromatic rings. The van der Waals surface area contributed by atoms with Gasteiger partial charge in [0.15, 0.2) is 0 Å². The van der Waals surface area contributed by atoms with Crippen molar-refractivity contribution in [3.05, 3.63) is 0 Å². The molecule has 1 heterocycles. The van der Waals surface area contributed by atoms with Gasteiger partial charge >= 0.3 is 0 Å². The number of rotatable bonds is 0. The second-order valence-electron chi connectivity index (χ2n) is 5.71. The van der Waals surface area contributed by atoms with Crippen LogP contribution in [-0.4, -0.2) is 10.3 Å². The van der Waals surface area contributed by atoms with Crippen molar-refractivity contribution in [2.75, 3.05) is 0 Å². The van der Waals surface area contributed by atoms with Crippen molar-refractivity contribution in [3.8, 4) is 0 Å². The fraction of sp³-hybridized carbons (Fsp3) is 1.00. The van der Waals surface area contributed by atoms with E-state index in [0.29, 0.717) is 10.3 Å². The molecule has 2 unspecified atom stereocenters. The van der Waals surface area contributed by atoms with Gasteiger partial charge in [-0.2, -0.15) is 0 Å². The Balaban J connectivity index is 2.29. The van der Waals surface area contributed by atoms with E-state index in [1.54, 1.807) is 0 Å². The molecule has 12 heavy (non-hydrogen) atoms. The molecule has 2 atom stereocenters. The largest absolute Gasteiger partial charge is 0.110 e. The minimum absolute atomic E-state index is 0.657. The molecule has 2 aliphatic rings. The quantitative estimate of drug-likeness (QED) is 0.504. The summed E-state index contributed by atoms with van der Waals surface area (Å²) in [6.45, 7) is 9.96. The average molecular weight is 184 g/mol. The molecule has 2 rings (SSSR count). The smallest absolute Gasteiger partial charge is 0.0142 e. The Morgan fingerprint density at radius 2 is 1.33 bits per heavy atom. The molecule has 1 saturated heterocycles. The van der Waals surface area contributed by atoms with Crippen LogP contribution in [0.5, 0.6) is 0 Å². The molecule has 0 N–H and O–H groups in total. The molecule has 2 fully saturated rings. The molecular weight excluding hydrogens is 163 g/mol. The van der Waals surface area contributed by atoms with Crippen LogP contribution in [0.4, 0.5) is 0 Å². The molecule has 1 saturated carbocycles. The Bertz CT molecular complexity index is 173. The van der Waals surface area contributed by atoms with Crippen molar-refractivity contribution in [1.29, 1.82) is 0 Å². The fourth-order valence-corrected chi connectivity index (χ4v) is 6.43. The molecule has 0 nitrogen and oxygen atoms in total. The molecule has 0 aromatic carbocycles. The van der Waals surface area contributed by atoms with E-state index < -0.39 is 0 Å². The van der Waals surface area contributed by atoms with Crippen molar-refractivity contribution in [2.24, 2.45) is 11.8 Å². The molecule has 1 aliphatic carbocycles. The standard InChI is InChI=1S/C11H21P/c1-10(2)8-6-5-7-9(8)11(3,4)12-10/h8-9,12H,5-7H2,1-4H3. The molecule has 70 valence electrons. The molecule has 0 bridgehead atoms. The zero-order valence-corrected chi connectivity index (χ0v) is 9.78. The first-order valence-corrected chi connectivity index (χ1v) is 6.23. The van der Waals surface area contributed by atoms with Crippen molar-refractivity contribution in [3.63, 3.8) is 0 Å². The highest BCUT2D eigenvalue weighted by atomic mass is 31.1. The lowest BCUT2D eigenvalue weighted by atomic mass is 9.80. The lowest BCUT2D eigenvalue weighted by Gasteiger charge is -2.26. The Hall–Kier alpha value is 0.430. The van der Waals surface area contributed by atoms with E-state index in [1.807, 2.05) is 0 Å². The fourth-order valence-electron chi connectivity index (χ4n) is 3.70. The highest BCUT2D eigenvalue weighted by Gasteiger charge is 2.53. The average Bonchev–Trinajstić information content (AvgIpc) is 2.34. The van der Waals surface area contributed by atoms with Crippen LogP contribution < -0.4 is 0 Å². The Morgan fingerprint density at radius 3 is 1.75 bits per heavy atom. The van der Waals surface area contributed by atoms with E-state index in [1.165, 1.54) is 27.8 Å². The summed E-state index contributed by atoms with van der Waals surface area (Å²) in [6.07, 6.45) is 4.51. The normalized spacial score (nSPS) is 45.0. The molecular formula is C11H21P. The SMILES string of the molecule is CC1(C)PC(C)(C)C2CCCC21. The van der Waals surface area contributed by atoms with Gasteiger partial charge in [-0.1, -0.05) is 34.1 Å². The maximum absolute atomic E-state index is 2.49. The van der Waals surface area contributed by atoms with Gasteiger partial charge in [-0.25, -0.2) is 0 Å². The maximum Gasteiger partial charge on any atom is -0.0142 e. The second kappa shape index (κ2) is 2.47. The molecule has 1 aliphatic heterocycles. The Morgan fingerprint density at radius 1 is 0.917 bits per heavy atom. The minimum Gasteiger partial charge on any atom is -0.110 e. The van der Waals surface area contributed by atoms with Crippen molar-refractivity contribution in [1.82, 2.24) is 0 Å². The van der Waals surface area contributed by atoms with Gasteiger partial charge in [-0.3, -0.25) is 0 Å². The summed E-state index contributed by atoms with van der Waals surface area (Å²) < 4.78 is 0. The summed E-state index contributed by atoms with van der Waals surface area (Å²) in [5.41, 5.74) is 0. The van der Waals surface area contributed by atoms with Crippen LogP contribution in [0.15, 0.2) is 0 Å². The van der Waals surface area contributed by atoms with E-state index in [0.717, 1.165) is 11.8 Å². The predicted octanol–water partition coefficient (Wildman–Crippen LogP) is 3.65. The van der Waals surface area contributed by atoms with Gasteiger partial charge < -0.3 is 0 Å². The lowest BCUT2D eigenvalue weighted by Crippen LogP contribution is -2.25. The van der Waals surface area contributed by atoms with Crippen molar-refractivity contribution in [2.45, 2.75) is 57.3 Å². The summed E-state index contributed by atoms with van der Waals surface area (Å²) in [6, 6.07) is 0. The molecule has 0 radical (unpaired) electrons. The molecule has 0 spiro atoms. The van der Waals surface area contributed by atoms with E-state index in [-0.39, 0.29) is 0 Å². The molecule has 1 heteroatoms. The van der Waals surface area contributed by atoms with Gasteiger partial charge in [0.25, 0.3) is 0 Å². The van der Waals surface area contributed by atoms with Crippen LogP contribution in [0.3, 0.4) is 0 Å². The highest BCUT2D eigenvalue weighted by molar-refractivity contribution is 7.42. The van der Waals surface area contributed by atoms with Gasteiger partial charge in [-0.15, -0.1) is 8.58 Å². The lowest BCUT2D eigenvalue weighted by molar-refractivity contribution is 0.314. The summed E-state index contributed by atoms with van der Waals surface area (Å²) in [5, 5.41) is 1.31. The maximum atomic E-state index is 2.49. The Labute approximate surface area is 78.3 Å². The van der Waals surface area contributed by atoms with Gasteiger partial charge in [0.05, 0.1) is 0 Å². The van der Waals surface area contributed by atoms with Gasteiger partial charge in [0, 0.05) is 0 Å². The first-order valence-electron chi connectivity index (χ1n) is 5.23. The van der Waals surface area contributed by atoms with Crippen molar-refractivity contribution < 1.29 is 0 Å². The predicted molar refractivity (Wildman–Crippen MR) is 57.3 cm³/mol. The van der Waals surface area contributed by atoms with Crippen LogP contribution in [0, 0.1) is 11.8 Å². The third kappa shape index (κ3) is 1.15. The number of hydrogen-bond acceptors (Lipinski definition) is 0. The van der Waals surface area contributed by atoms with Crippen LogP contribution in [0.1, 0.15) is 47.0 Å². The van der Waals surface area contributed by atoms with E-state index in [4.69, 9.17) is 0 Å². The van der Waals surface area contributed by atoms with Gasteiger partial charge in [-0.05, 0) is 35.0 Å². The van der Waals surface area contributed by atoms with Crippen LogP contribution in [0.2, 0.25) is 0 Å². The minimum atomic E-state index is 0.657. The first-order chi connectivity index (χ1) is 5.43.